The average Bonchev–Trinajstić information content (AvgIpc) is 2.65. The fourth-order valence-corrected chi connectivity index (χ4v) is 3.12. The first-order chi connectivity index (χ1) is 8.79. The number of imidazole rings is 1. The zero-order valence-electron chi connectivity index (χ0n) is 10.2. The molecule has 0 aliphatic rings. The summed E-state index contributed by atoms with van der Waals surface area (Å²) >= 11 is 9.22. The summed E-state index contributed by atoms with van der Waals surface area (Å²) in [6, 6.07) is 4.92. The van der Waals surface area contributed by atoms with Crippen molar-refractivity contribution < 1.29 is 8.42 Å². The van der Waals surface area contributed by atoms with Crippen molar-refractivity contribution in [2.75, 3.05) is 4.72 Å². The van der Waals surface area contributed by atoms with Gasteiger partial charge in [0.25, 0.3) is 10.0 Å². The number of hydrogen-bond acceptors (Lipinski definition) is 3. The van der Waals surface area contributed by atoms with E-state index in [0.717, 1.165) is 4.47 Å². The molecule has 19 heavy (non-hydrogen) atoms. The Morgan fingerprint density at radius 3 is 2.68 bits per heavy atom. The normalized spacial score (nSPS) is 11.6. The van der Waals surface area contributed by atoms with Gasteiger partial charge in [0, 0.05) is 17.7 Å². The van der Waals surface area contributed by atoms with Gasteiger partial charge in [-0.1, -0.05) is 27.5 Å². The Morgan fingerprint density at radius 2 is 2.11 bits per heavy atom. The number of hydrogen-bond donors (Lipinski definition) is 1. The lowest BCUT2D eigenvalue weighted by molar-refractivity contribution is 0.598. The molecule has 2 aromatic rings. The molecule has 0 aliphatic heterocycles. The summed E-state index contributed by atoms with van der Waals surface area (Å²) in [7, 11) is -2.01. The van der Waals surface area contributed by atoms with Crippen LogP contribution in [0.2, 0.25) is 5.02 Å². The van der Waals surface area contributed by atoms with Gasteiger partial charge < -0.3 is 4.57 Å². The molecule has 0 saturated heterocycles. The first-order valence-electron chi connectivity index (χ1n) is 5.27. The summed E-state index contributed by atoms with van der Waals surface area (Å²) < 4.78 is 29.1. The minimum Gasteiger partial charge on any atom is -0.337 e. The van der Waals surface area contributed by atoms with Crippen LogP contribution in [0.4, 0.5) is 5.69 Å². The van der Waals surface area contributed by atoms with Gasteiger partial charge >= 0.3 is 0 Å². The van der Waals surface area contributed by atoms with Gasteiger partial charge in [0.2, 0.25) is 0 Å². The molecule has 0 bridgehead atoms. The predicted octanol–water partition coefficient (Wildman–Crippen LogP) is 2.95. The largest absolute Gasteiger partial charge is 0.337 e. The van der Waals surface area contributed by atoms with Crippen LogP contribution in [-0.4, -0.2) is 18.0 Å². The minimum atomic E-state index is -3.74. The number of nitrogens with zero attached hydrogens (tertiary/aromatic N) is 2. The summed E-state index contributed by atoms with van der Waals surface area (Å²) in [4.78, 5) is 3.99. The van der Waals surface area contributed by atoms with Gasteiger partial charge in [-0.3, -0.25) is 4.72 Å². The maximum atomic E-state index is 12.2. The van der Waals surface area contributed by atoms with E-state index in [2.05, 4.69) is 25.6 Å². The van der Waals surface area contributed by atoms with E-state index in [0.29, 0.717) is 16.5 Å². The number of anilines is 1. The summed E-state index contributed by atoms with van der Waals surface area (Å²) in [5, 5.41) is 0.281. The van der Waals surface area contributed by atoms with Crippen molar-refractivity contribution in [1.82, 2.24) is 9.55 Å². The number of aryl methyl sites for hydroxylation is 2. The lowest BCUT2D eigenvalue weighted by atomic mass is 10.3. The number of halogens is 2. The molecule has 0 amide bonds. The summed E-state index contributed by atoms with van der Waals surface area (Å²) in [6.07, 6.45) is 1.45. The number of sulfonamides is 1. The molecule has 102 valence electrons. The highest BCUT2D eigenvalue weighted by molar-refractivity contribution is 9.10. The molecule has 2 rings (SSSR count). The van der Waals surface area contributed by atoms with E-state index < -0.39 is 10.0 Å². The van der Waals surface area contributed by atoms with Crippen molar-refractivity contribution in [2.24, 2.45) is 7.05 Å². The zero-order chi connectivity index (χ0) is 14.2. The highest BCUT2D eigenvalue weighted by Crippen LogP contribution is 2.27. The van der Waals surface area contributed by atoms with E-state index in [1.165, 1.54) is 6.20 Å². The highest BCUT2D eigenvalue weighted by atomic mass is 79.9. The van der Waals surface area contributed by atoms with Crippen molar-refractivity contribution in [3.63, 3.8) is 0 Å². The first-order valence-corrected chi connectivity index (χ1v) is 7.93. The molecule has 0 saturated carbocycles. The Bertz CT molecular complexity index is 708. The van der Waals surface area contributed by atoms with Gasteiger partial charge in [-0.15, -0.1) is 0 Å². The average molecular weight is 365 g/mol. The van der Waals surface area contributed by atoms with Crippen LogP contribution in [0.3, 0.4) is 0 Å². The molecule has 1 aromatic heterocycles. The van der Waals surface area contributed by atoms with Gasteiger partial charge in [0.1, 0.15) is 5.82 Å². The second-order valence-electron chi connectivity index (χ2n) is 3.97. The third kappa shape index (κ3) is 3.10. The molecule has 0 aliphatic carbocycles. The van der Waals surface area contributed by atoms with Gasteiger partial charge in [-0.25, -0.2) is 4.98 Å². The van der Waals surface area contributed by atoms with E-state index in [9.17, 15) is 8.42 Å². The third-order valence-electron chi connectivity index (χ3n) is 2.53. The van der Waals surface area contributed by atoms with Crippen molar-refractivity contribution >= 4 is 43.2 Å². The molecule has 8 heteroatoms. The van der Waals surface area contributed by atoms with Gasteiger partial charge in [0.15, 0.2) is 5.03 Å². The van der Waals surface area contributed by atoms with Crippen LogP contribution in [0.15, 0.2) is 33.9 Å². The number of nitrogens with one attached hydrogen (secondary N) is 1. The summed E-state index contributed by atoms with van der Waals surface area (Å²) in [6.45, 7) is 1.73. The van der Waals surface area contributed by atoms with Gasteiger partial charge in [-0.2, -0.15) is 8.42 Å². The predicted molar refractivity (Wildman–Crippen MR) is 77.9 cm³/mol. The van der Waals surface area contributed by atoms with Crippen molar-refractivity contribution in [3.05, 3.63) is 39.7 Å². The van der Waals surface area contributed by atoms with E-state index in [-0.39, 0.29) is 5.03 Å². The van der Waals surface area contributed by atoms with Crippen LogP contribution in [0.25, 0.3) is 0 Å². The van der Waals surface area contributed by atoms with E-state index in [4.69, 9.17) is 11.6 Å². The molecule has 0 fully saturated rings. The topological polar surface area (TPSA) is 64.0 Å². The summed E-state index contributed by atoms with van der Waals surface area (Å²) in [5.74, 6) is 0.612. The lowest BCUT2D eigenvalue weighted by Gasteiger charge is -2.08. The lowest BCUT2D eigenvalue weighted by Crippen LogP contribution is -2.13. The maximum Gasteiger partial charge on any atom is 0.281 e. The van der Waals surface area contributed by atoms with Crippen molar-refractivity contribution in [2.45, 2.75) is 11.9 Å². The second-order valence-corrected chi connectivity index (χ2v) is 6.92. The first kappa shape index (κ1) is 14.4. The molecule has 0 atom stereocenters. The van der Waals surface area contributed by atoms with Crippen molar-refractivity contribution in [1.29, 1.82) is 0 Å². The second kappa shape index (κ2) is 5.15. The summed E-state index contributed by atoms with van der Waals surface area (Å²) in [5.41, 5.74) is 0.305. The Kier molecular flexibility index (Phi) is 3.89. The van der Waals surface area contributed by atoms with Crippen LogP contribution in [0, 0.1) is 6.92 Å². The van der Waals surface area contributed by atoms with Crippen LogP contribution in [0.1, 0.15) is 5.82 Å². The minimum absolute atomic E-state index is 0.0384. The van der Waals surface area contributed by atoms with Crippen LogP contribution in [-0.2, 0) is 17.1 Å². The smallest absolute Gasteiger partial charge is 0.281 e. The van der Waals surface area contributed by atoms with Crippen molar-refractivity contribution in [3.8, 4) is 0 Å². The standard InChI is InChI=1S/C11H11BrClN3O2S/c1-7-14-11(6-16(7)2)19(17,18)15-10-5-8(12)3-4-9(10)13/h3-6,15H,1-2H3. The van der Waals surface area contributed by atoms with Gasteiger partial charge in [0.05, 0.1) is 10.7 Å². The Labute approximate surface area is 124 Å². The molecule has 1 aromatic carbocycles. The van der Waals surface area contributed by atoms with Gasteiger partial charge in [-0.05, 0) is 25.1 Å². The highest BCUT2D eigenvalue weighted by Gasteiger charge is 2.19. The molecular weight excluding hydrogens is 354 g/mol. The molecule has 1 N–H and O–H groups in total. The molecule has 5 nitrogen and oxygen atoms in total. The molecule has 0 unspecified atom stereocenters. The molecule has 1 heterocycles. The molecule has 0 radical (unpaired) electrons. The maximum absolute atomic E-state index is 12.2. The molecular formula is C11H11BrClN3O2S. The van der Waals surface area contributed by atoms with E-state index in [1.54, 1.807) is 36.7 Å². The Morgan fingerprint density at radius 1 is 1.42 bits per heavy atom. The fraction of sp³-hybridized carbons (Fsp3) is 0.182. The Hall–Kier alpha value is -1.05. The molecule has 0 spiro atoms. The number of rotatable bonds is 3. The number of aromatic nitrogens is 2. The third-order valence-corrected chi connectivity index (χ3v) is 4.59. The SMILES string of the molecule is Cc1nc(S(=O)(=O)Nc2cc(Br)ccc2Cl)cn1C. The monoisotopic (exact) mass is 363 g/mol. The fourth-order valence-electron chi connectivity index (χ4n) is 1.43. The Balaban J connectivity index is 2.39. The van der Waals surface area contributed by atoms with Crippen LogP contribution < -0.4 is 4.72 Å². The van der Waals surface area contributed by atoms with E-state index in [1.807, 2.05) is 0 Å². The van der Waals surface area contributed by atoms with Crippen LogP contribution in [0.5, 0.6) is 0 Å². The zero-order valence-corrected chi connectivity index (χ0v) is 13.3. The quantitative estimate of drug-likeness (QED) is 0.910. The number of benzene rings is 1. The van der Waals surface area contributed by atoms with Crippen LogP contribution >= 0.6 is 27.5 Å². The van der Waals surface area contributed by atoms with E-state index >= 15 is 0 Å².